The van der Waals surface area contributed by atoms with Crippen LogP contribution >= 0.6 is 23.1 Å². The SMILES string of the molecule is Cc1csc(Sc2ccc(NC(=O)NCCN3CCOCC3)cc2)n1. The molecular formula is C17H22N4O2S2. The first kappa shape index (κ1) is 18.2. The zero-order valence-electron chi connectivity index (χ0n) is 14.2. The Morgan fingerprint density at radius 1 is 1.32 bits per heavy atom. The third kappa shape index (κ3) is 6.00. The molecule has 0 bridgehead atoms. The zero-order valence-corrected chi connectivity index (χ0v) is 15.8. The number of carbonyl (C=O) groups is 1. The largest absolute Gasteiger partial charge is 0.379 e. The molecule has 0 atom stereocenters. The molecule has 0 saturated carbocycles. The highest BCUT2D eigenvalue weighted by atomic mass is 32.2. The minimum atomic E-state index is -0.177. The van der Waals surface area contributed by atoms with Gasteiger partial charge in [0.25, 0.3) is 0 Å². The molecule has 2 N–H and O–H groups in total. The first-order valence-corrected chi connectivity index (χ1v) is 9.94. The average Bonchev–Trinajstić information content (AvgIpc) is 3.02. The molecule has 25 heavy (non-hydrogen) atoms. The van der Waals surface area contributed by atoms with Gasteiger partial charge in [0.2, 0.25) is 0 Å². The Kier molecular flexibility index (Phi) is 6.69. The number of rotatable bonds is 6. The van der Waals surface area contributed by atoms with Crippen LogP contribution in [0.4, 0.5) is 10.5 Å². The summed E-state index contributed by atoms with van der Waals surface area (Å²) in [6, 6.07) is 7.62. The second-order valence-corrected chi connectivity index (χ2v) is 7.89. The summed E-state index contributed by atoms with van der Waals surface area (Å²) in [6.07, 6.45) is 0. The van der Waals surface area contributed by atoms with Crippen molar-refractivity contribution in [2.24, 2.45) is 0 Å². The van der Waals surface area contributed by atoms with Crippen molar-refractivity contribution in [3.63, 3.8) is 0 Å². The molecule has 134 valence electrons. The summed E-state index contributed by atoms with van der Waals surface area (Å²) in [5.74, 6) is 0. The topological polar surface area (TPSA) is 66.5 Å². The highest BCUT2D eigenvalue weighted by Gasteiger charge is 2.10. The van der Waals surface area contributed by atoms with Gasteiger partial charge in [0.15, 0.2) is 4.34 Å². The van der Waals surface area contributed by atoms with Crippen LogP contribution in [0.25, 0.3) is 0 Å². The smallest absolute Gasteiger partial charge is 0.319 e. The number of hydrogen-bond acceptors (Lipinski definition) is 6. The van der Waals surface area contributed by atoms with E-state index < -0.39 is 0 Å². The van der Waals surface area contributed by atoms with E-state index in [1.165, 1.54) is 0 Å². The molecule has 6 nitrogen and oxygen atoms in total. The number of ether oxygens (including phenoxy) is 1. The highest BCUT2D eigenvalue weighted by molar-refractivity contribution is 8.01. The van der Waals surface area contributed by atoms with E-state index in [0.29, 0.717) is 6.54 Å². The van der Waals surface area contributed by atoms with Crippen molar-refractivity contribution in [1.82, 2.24) is 15.2 Å². The van der Waals surface area contributed by atoms with Crippen LogP contribution in [-0.4, -0.2) is 55.3 Å². The number of hydrogen-bond donors (Lipinski definition) is 2. The number of amides is 2. The van der Waals surface area contributed by atoms with Crippen molar-refractivity contribution in [3.8, 4) is 0 Å². The Morgan fingerprint density at radius 2 is 2.08 bits per heavy atom. The maximum atomic E-state index is 12.0. The number of carbonyl (C=O) groups excluding carboxylic acids is 1. The maximum absolute atomic E-state index is 12.0. The first-order valence-electron chi connectivity index (χ1n) is 8.24. The lowest BCUT2D eigenvalue weighted by Gasteiger charge is -2.26. The van der Waals surface area contributed by atoms with Crippen LogP contribution in [-0.2, 0) is 4.74 Å². The van der Waals surface area contributed by atoms with Crippen molar-refractivity contribution >= 4 is 34.8 Å². The number of benzene rings is 1. The van der Waals surface area contributed by atoms with Crippen molar-refractivity contribution in [1.29, 1.82) is 0 Å². The summed E-state index contributed by atoms with van der Waals surface area (Å²) >= 11 is 3.27. The molecule has 0 unspecified atom stereocenters. The second-order valence-electron chi connectivity index (χ2n) is 5.72. The van der Waals surface area contributed by atoms with Crippen molar-refractivity contribution in [3.05, 3.63) is 35.3 Å². The van der Waals surface area contributed by atoms with Gasteiger partial charge in [0.05, 0.1) is 13.2 Å². The summed E-state index contributed by atoms with van der Waals surface area (Å²) in [5.41, 5.74) is 1.82. The van der Waals surface area contributed by atoms with Crippen LogP contribution in [0.2, 0.25) is 0 Å². The molecule has 1 aromatic heterocycles. The highest BCUT2D eigenvalue weighted by Crippen LogP contribution is 2.30. The van der Waals surface area contributed by atoms with Gasteiger partial charge in [0, 0.05) is 47.8 Å². The third-order valence-corrected chi connectivity index (χ3v) is 5.80. The second kappa shape index (κ2) is 9.19. The average molecular weight is 379 g/mol. The number of anilines is 1. The van der Waals surface area contributed by atoms with Crippen molar-refractivity contribution in [2.45, 2.75) is 16.2 Å². The van der Waals surface area contributed by atoms with E-state index >= 15 is 0 Å². The fraction of sp³-hybridized carbons (Fsp3) is 0.412. The van der Waals surface area contributed by atoms with Crippen LogP contribution in [0.5, 0.6) is 0 Å². The van der Waals surface area contributed by atoms with Gasteiger partial charge >= 0.3 is 6.03 Å². The minimum Gasteiger partial charge on any atom is -0.379 e. The lowest BCUT2D eigenvalue weighted by Crippen LogP contribution is -2.42. The van der Waals surface area contributed by atoms with Crippen molar-refractivity contribution < 1.29 is 9.53 Å². The molecule has 0 aliphatic carbocycles. The fourth-order valence-electron chi connectivity index (χ4n) is 2.41. The van der Waals surface area contributed by atoms with Crippen LogP contribution in [0.15, 0.2) is 38.9 Å². The number of nitrogens with zero attached hydrogens (tertiary/aromatic N) is 2. The Morgan fingerprint density at radius 3 is 2.76 bits per heavy atom. The molecule has 8 heteroatoms. The fourth-order valence-corrected chi connectivity index (χ4v) is 4.22. The van der Waals surface area contributed by atoms with Gasteiger partial charge in [-0.25, -0.2) is 9.78 Å². The Hall–Kier alpha value is -1.61. The number of morpholine rings is 1. The van der Waals surface area contributed by atoms with Gasteiger partial charge in [0.1, 0.15) is 0 Å². The Balaban J connectivity index is 1.40. The van der Waals surface area contributed by atoms with Gasteiger partial charge < -0.3 is 15.4 Å². The monoisotopic (exact) mass is 378 g/mol. The van der Waals surface area contributed by atoms with Gasteiger partial charge in [-0.2, -0.15) is 0 Å². The van der Waals surface area contributed by atoms with Gasteiger partial charge in [-0.05, 0) is 31.2 Å². The van der Waals surface area contributed by atoms with E-state index in [4.69, 9.17) is 4.74 Å². The molecule has 2 aromatic rings. The van der Waals surface area contributed by atoms with E-state index in [0.717, 1.165) is 53.5 Å². The van der Waals surface area contributed by atoms with E-state index in [1.54, 1.807) is 23.1 Å². The van der Waals surface area contributed by atoms with Crippen LogP contribution in [0.1, 0.15) is 5.69 Å². The maximum Gasteiger partial charge on any atom is 0.319 e. The molecule has 2 heterocycles. The summed E-state index contributed by atoms with van der Waals surface area (Å²) < 4.78 is 6.33. The van der Waals surface area contributed by atoms with E-state index in [2.05, 4.69) is 20.5 Å². The summed E-state index contributed by atoms with van der Waals surface area (Å²) in [5, 5.41) is 7.79. The summed E-state index contributed by atoms with van der Waals surface area (Å²) in [6.45, 7) is 6.88. The molecule has 1 aliphatic rings. The number of aromatic nitrogens is 1. The van der Waals surface area contributed by atoms with Crippen LogP contribution < -0.4 is 10.6 Å². The predicted octanol–water partition coefficient (Wildman–Crippen LogP) is 3.06. The molecule has 0 spiro atoms. The van der Waals surface area contributed by atoms with Gasteiger partial charge in [-0.15, -0.1) is 11.3 Å². The molecule has 2 amide bonds. The summed E-state index contributed by atoms with van der Waals surface area (Å²) in [7, 11) is 0. The zero-order chi connectivity index (χ0) is 17.5. The molecule has 1 fully saturated rings. The van der Waals surface area contributed by atoms with E-state index in [-0.39, 0.29) is 6.03 Å². The van der Waals surface area contributed by atoms with Gasteiger partial charge in [-0.3, -0.25) is 4.90 Å². The Bertz CT molecular complexity index is 684. The normalized spacial score (nSPS) is 15.1. The lowest BCUT2D eigenvalue weighted by atomic mass is 10.3. The number of nitrogens with one attached hydrogen (secondary N) is 2. The molecule has 1 saturated heterocycles. The standard InChI is InChI=1S/C17H22N4O2S2/c1-13-12-24-17(19-13)25-15-4-2-14(3-5-15)20-16(22)18-6-7-21-8-10-23-11-9-21/h2-5,12H,6-11H2,1H3,(H2,18,20,22). The molecular weight excluding hydrogens is 356 g/mol. The number of thiazole rings is 1. The molecule has 0 radical (unpaired) electrons. The quantitative estimate of drug-likeness (QED) is 0.809. The van der Waals surface area contributed by atoms with Crippen LogP contribution in [0.3, 0.4) is 0 Å². The number of urea groups is 1. The predicted molar refractivity (Wildman–Crippen MR) is 102 cm³/mol. The Labute approximate surface area is 156 Å². The third-order valence-electron chi connectivity index (χ3n) is 3.73. The van der Waals surface area contributed by atoms with E-state index in [9.17, 15) is 4.79 Å². The molecule has 1 aromatic carbocycles. The number of aryl methyl sites for hydroxylation is 1. The van der Waals surface area contributed by atoms with Crippen molar-refractivity contribution in [2.75, 3.05) is 44.7 Å². The molecule has 1 aliphatic heterocycles. The van der Waals surface area contributed by atoms with Gasteiger partial charge in [-0.1, -0.05) is 11.8 Å². The van der Waals surface area contributed by atoms with E-state index in [1.807, 2.05) is 36.6 Å². The minimum absolute atomic E-state index is 0.177. The molecule has 3 rings (SSSR count). The van der Waals surface area contributed by atoms with Crippen LogP contribution in [0, 0.1) is 6.92 Å². The summed E-state index contributed by atoms with van der Waals surface area (Å²) in [4.78, 5) is 19.8. The first-order chi connectivity index (χ1) is 12.2. The lowest BCUT2D eigenvalue weighted by molar-refractivity contribution is 0.0388.